The molecule has 0 spiro atoms. The Morgan fingerprint density at radius 3 is 2.76 bits per heavy atom. The van der Waals surface area contributed by atoms with Gasteiger partial charge in [0.2, 0.25) is 15.8 Å². The van der Waals surface area contributed by atoms with E-state index in [1.807, 2.05) is 24.4 Å². The van der Waals surface area contributed by atoms with Gasteiger partial charge in [0.1, 0.15) is 4.90 Å². The van der Waals surface area contributed by atoms with Gasteiger partial charge in [-0.3, -0.25) is 0 Å². The molecule has 6 nitrogen and oxygen atoms in total. The fraction of sp³-hybridized carbons (Fsp3) is 0.250. The summed E-state index contributed by atoms with van der Waals surface area (Å²) >= 11 is 4.38. The first-order valence-corrected chi connectivity index (χ1v) is 9.09. The minimum atomic E-state index is -3.89. The van der Waals surface area contributed by atoms with E-state index in [4.69, 9.17) is 9.52 Å². The number of carboxylic acid groups (broad SMARTS) is 1. The molecule has 2 rings (SSSR count). The van der Waals surface area contributed by atoms with Gasteiger partial charge in [0.05, 0.1) is 6.04 Å². The van der Waals surface area contributed by atoms with Gasteiger partial charge in [0.15, 0.2) is 4.67 Å². The molecule has 114 valence electrons. The molecule has 0 radical (unpaired) electrons. The van der Waals surface area contributed by atoms with Gasteiger partial charge in [-0.25, -0.2) is 17.9 Å². The fourth-order valence-corrected chi connectivity index (χ4v) is 4.90. The lowest BCUT2D eigenvalue weighted by Gasteiger charge is -2.14. The third kappa shape index (κ3) is 3.54. The van der Waals surface area contributed by atoms with Crippen molar-refractivity contribution < 1.29 is 22.7 Å². The molecular formula is C12H12BrNO5S2. The summed E-state index contributed by atoms with van der Waals surface area (Å²) < 4.78 is 32.0. The maximum absolute atomic E-state index is 12.4. The Balaban J connectivity index is 2.32. The Kier molecular flexibility index (Phi) is 4.87. The zero-order chi connectivity index (χ0) is 15.6. The van der Waals surface area contributed by atoms with Crippen LogP contribution in [0.1, 0.15) is 34.8 Å². The molecule has 0 aliphatic rings. The minimum absolute atomic E-state index is 0.131. The van der Waals surface area contributed by atoms with E-state index in [2.05, 4.69) is 20.7 Å². The van der Waals surface area contributed by atoms with Gasteiger partial charge in [0, 0.05) is 10.9 Å². The third-order valence-electron chi connectivity index (χ3n) is 2.75. The SMILES string of the molecule is CCC(NS(=O)(=O)c1cc(C(=O)O)oc1Br)c1cccs1. The summed E-state index contributed by atoms with van der Waals surface area (Å²) in [6, 6.07) is 4.29. The Bertz CT molecular complexity index is 736. The van der Waals surface area contributed by atoms with Crippen LogP contribution in [0.3, 0.4) is 0 Å². The van der Waals surface area contributed by atoms with E-state index in [9.17, 15) is 13.2 Å². The minimum Gasteiger partial charge on any atom is -0.475 e. The maximum atomic E-state index is 12.4. The maximum Gasteiger partial charge on any atom is 0.371 e. The van der Waals surface area contributed by atoms with Crippen LogP contribution < -0.4 is 4.72 Å². The number of furan rings is 1. The van der Waals surface area contributed by atoms with Crippen molar-refractivity contribution >= 4 is 43.3 Å². The molecule has 2 N–H and O–H groups in total. The molecule has 0 aliphatic carbocycles. The van der Waals surface area contributed by atoms with E-state index in [-0.39, 0.29) is 15.6 Å². The highest BCUT2D eigenvalue weighted by Gasteiger charge is 2.27. The normalized spacial score (nSPS) is 13.2. The molecule has 9 heteroatoms. The van der Waals surface area contributed by atoms with Crippen LogP contribution in [0.2, 0.25) is 0 Å². The van der Waals surface area contributed by atoms with Crippen molar-refractivity contribution in [2.75, 3.05) is 0 Å². The zero-order valence-electron chi connectivity index (χ0n) is 10.9. The van der Waals surface area contributed by atoms with Crippen molar-refractivity contribution in [3.8, 4) is 0 Å². The van der Waals surface area contributed by atoms with Crippen molar-refractivity contribution in [3.05, 3.63) is 38.9 Å². The summed E-state index contributed by atoms with van der Waals surface area (Å²) in [5.41, 5.74) is 0. The summed E-state index contributed by atoms with van der Waals surface area (Å²) in [7, 11) is -3.89. The number of carbonyl (C=O) groups is 1. The van der Waals surface area contributed by atoms with Crippen LogP contribution in [-0.2, 0) is 10.0 Å². The molecule has 0 saturated heterocycles. The smallest absolute Gasteiger partial charge is 0.371 e. The number of halogens is 1. The first-order valence-electron chi connectivity index (χ1n) is 5.93. The Morgan fingerprint density at radius 1 is 1.57 bits per heavy atom. The number of aromatic carboxylic acids is 1. The molecule has 0 fully saturated rings. The highest BCUT2D eigenvalue weighted by atomic mass is 79.9. The molecule has 0 aliphatic heterocycles. The Morgan fingerprint density at radius 2 is 2.29 bits per heavy atom. The molecule has 2 heterocycles. The lowest BCUT2D eigenvalue weighted by atomic mass is 10.2. The first-order chi connectivity index (χ1) is 9.85. The molecule has 0 aromatic carbocycles. The number of carboxylic acids is 1. The number of sulfonamides is 1. The summed E-state index contributed by atoms with van der Waals surface area (Å²) in [4.78, 5) is 11.5. The van der Waals surface area contributed by atoms with Gasteiger partial charge in [-0.15, -0.1) is 11.3 Å². The number of hydrogen-bond acceptors (Lipinski definition) is 5. The number of nitrogens with one attached hydrogen (secondary N) is 1. The van der Waals surface area contributed by atoms with Crippen LogP contribution in [0.5, 0.6) is 0 Å². The average Bonchev–Trinajstić information content (AvgIpc) is 3.05. The van der Waals surface area contributed by atoms with Crippen LogP contribution in [0.4, 0.5) is 0 Å². The van der Waals surface area contributed by atoms with Gasteiger partial charge in [-0.2, -0.15) is 0 Å². The highest BCUT2D eigenvalue weighted by molar-refractivity contribution is 9.10. The predicted octanol–water partition coefficient (Wildman–Crippen LogP) is 3.23. The van der Waals surface area contributed by atoms with Crippen LogP contribution in [-0.4, -0.2) is 19.5 Å². The monoisotopic (exact) mass is 393 g/mol. The van der Waals surface area contributed by atoms with Crippen molar-refractivity contribution in [2.45, 2.75) is 24.3 Å². The number of hydrogen-bond donors (Lipinski definition) is 2. The van der Waals surface area contributed by atoms with Gasteiger partial charge in [-0.05, 0) is 33.8 Å². The van der Waals surface area contributed by atoms with Gasteiger partial charge < -0.3 is 9.52 Å². The van der Waals surface area contributed by atoms with Crippen molar-refractivity contribution in [3.63, 3.8) is 0 Å². The highest BCUT2D eigenvalue weighted by Crippen LogP contribution is 2.29. The van der Waals surface area contributed by atoms with Crippen LogP contribution in [0.25, 0.3) is 0 Å². The van der Waals surface area contributed by atoms with Gasteiger partial charge >= 0.3 is 5.97 Å². The molecule has 1 atom stereocenters. The fourth-order valence-electron chi connectivity index (χ4n) is 1.72. The standard InChI is InChI=1S/C12H12BrNO5S2/c1-2-7(9-4-3-5-20-9)14-21(17,18)10-6-8(12(15)16)19-11(10)13/h3-7,14H,2H2,1H3,(H,15,16). The lowest BCUT2D eigenvalue weighted by molar-refractivity contribution is 0.0661. The second-order valence-electron chi connectivity index (χ2n) is 4.15. The summed E-state index contributed by atoms with van der Waals surface area (Å²) in [5.74, 6) is -1.77. The van der Waals surface area contributed by atoms with Crippen molar-refractivity contribution in [1.29, 1.82) is 0 Å². The van der Waals surface area contributed by atoms with E-state index in [1.165, 1.54) is 11.3 Å². The van der Waals surface area contributed by atoms with Gasteiger partial charge in [-0.1, -0.05) is 13.0 Å². The molecule has 1 unspecified atom stereocenters. The van der Waals surface area contributed by atoms with Crippen LogP contribution in [0, 0.1) is 0 Å². The Labute approximate surface area is 134 Å². The number of thiophene rings is 1. The second kappa shape index (κ2) is 6.30. The molecule has 0 saturated carbocycles. The quantitative estimate of drug-likeness (QED) is 0.784. The molecule has 0 amide bonds. The summed E-state index contributed by atoms with van der Waals surface area (Å²) in [5, 5.41) is 10.7. The zero-order valence-corrected chi connectivity index (χ0v) is 14.1. The number of rotatable bonds is 6. The van der Waals surface area contributed by atoms with Crippen LogP contribution >= 0.6 is 27.3 Å². The van der Waals surface area contributed by atoms with E-state index in [0.717, 1.165) is 10.9 Å². The average molecular weight is 394 g/mol. The summed E-state index contributed by atoms with van der Waals surface area (Å²) in [6.07, 6.45) is 0.570. The van der Waals surface area contributed by atoms with Gasteiger partial charge in [0.25, 0.3) is 0 Å². The van der Waals surface area contributed by atoms with E-state index < -0.39 is 21.8 Å². The van der Waals surface area contributed by atoms with E-state index >= 15 is 0 Å². The largest absolute Gasteiger partial charge is 0.475 e. The third-order valence-corrected chi connectivity index (χ3v) is 6.06. The van der Waals surface area contributed by atoms with Crippen LogP contribution in [0.15, 0.2) is 37.6 Å². The Hall–Kier alpha value is -1.16. The van der Waals surface area contributed by atoms with Crippen molar-refractivity contribution in [2.24, 2.45) is 0 Å². The molecule has 21 heavy (non-hydrogen) atoms. The molecule has 0 bridgehead atoms. The van der Waals surface area contributed by atoms with Crippen molar-refractivity contribution in [1.82, 2.24) is 4.72 Å². The molecule has 2 aromatic rings. The molecule has 2 aromatic heterocycles. The van der Waals surface area contributed by atoms with E-state index in [0.29, 0.717) is 6.42 Å². The summed E-state index contributed by atoms with van der Waals surface area (Å²) in [6.45, 7) is 1.86. The lowest BCUT2D eigenvalue weighted by Crippen LogP contribution is -2.27. The molecular weight excluding hydrogens is 382 g/mol. The topological polar surface area (TPSA) is 96.6 Å². The second-order valence-corrected chi connectivity index (χ2v) is 7.53. The first kappa shape index (κ1) is 16.2. The van der Waals surface area contributed by atoms with E-state index in [1.54, 1.807) is 0 Å². The predicted molar refractivity (Wildman–Crippen MR) is 81.0 cm³/mol.